The van der Waals surface area contributed by atoms with Crippen molar-refractivity contribution < 1.29 is 9.90 Å². The molecule has 4 nitrogen and oxygen atoms in total. The molecule has 1 aromatic rings. The summed E-state index contributed by atoms with van der Waals surface area (Å²) in [7, 11) is 0. The van der Waals surface area contributed by atoms with Gasteiger partial charge in [0.15, 0.2) is 0 Å². The summed E-state index contributed by atoms with van der Waals surface area (Å²) in [4.78, 5) is 13.3. The number of piperidine rings is 1. The van der Waals surface area contributed by atoms with Gasteiger partial charge in [-0.25, -0.2) is 4.79 Å². The van der Waals surface area contributed by atoms with E-state index < -0.39 is 6.09 Å². The maximum atomic E-state index is 10.9. The Labute approximate surface area is 119 Å². The molecular weight excluding hydrogens is 252 g/mol. The zero-order chi connectivity index (χ0) is 14.0. The highest BCUT2D eigenvalue weighted by Gasteiger charge is 2.44. The molecule has 1 heterocycles. The summed E-state index contributed by atoms with van der Waals surface area (Å²) in [5.74, 6) is 0. The van der Waals surface area contributed by atoms with E-state index in [1.807, 2.05) is 6.07 Å². The molecule has 0 radical (unpaired) electrons. The van der Waals surface area contributed by atoms with Crippen molar-refractivity contribution in [2.24, 2.45) is 5.41 Å². The minimum absolute atomic E-state index is 0.0743. The van der Waals surface area contributed by atoms with E-state index in [1.54, 1.807) is 0 Å². The molecule has 1 saturated heterocycles. The molecule has 0 aromatic heterocycles. The first-order chi connectivity index (χ1) is 9.65. The fourth-order valence-electron chi connectivity index (χ4n) is 3.77. The van der Waals surface area contributed by atoms with Crippen LogP contribution in [0, 0.1) is 5.41 Å². The van der Waals surface area contributed by atoms with Gasteiger partial charge in [0.1, 0.15) is 0 Å². The highest BCUT2D eigenvalue weighted by molar-refractivity contribution is 5.64. The van der Waals surface area contributed by atoms with E-state index in [4.69, 9.17) is 5.11 Å². The molecule has 1 unspecified atom stereocenters. The monoisotopic (exact) mass is 274 g/mol. The fourth-order valence-corrected chi connectivity index (χ4v) is 3.77. The summed E-state index contributed by atoms with van der Waals surface area (Å²) in [6.45, 7) is 2.85. The van der Waals surface area contributed by atoms with Crippen molar-refractivity contribution in [2.45, 2.75) is 38.3 Å². The molecule has 3 rings (SSSR count). The van der Waals surface area contributed by atoms with E-state index in [2.05, 4.69) is 34.5 Å². The molecule has 108 valence electrons. The van der Waals surface area contributed by atoms with Gasteiger partial charge in [0.2, 0.25) is 0 Å². The molecule has 20 heavy (non-hydrogen) atoms. The summed E-state index contributed by atoms with van der Waals surface area (Å²) < 4.78 is 0. The second-order valence-electron chi connectivity index (χ2n) is 6.36. The third kappa shape index (κ3) is 2.96. The SMILES string of the molecule is O=C(O)NC1CN(Cc2ccccc2)CC2(CCC2)C1. The average molecular weight is 274 g/mol. The average Bonchev–Trinajstić information content (AvgIpc) is 2.37. The quantitative estimate of drug-likeness (QED) is 0.891. The first-order valence-corrected chi connectivity index (χ1v) is 7.41. The standard InChI is InChI=1S/C16H22N2O2/c19-15(20)17-14-9-16(7-4-8-16)12-18(11-14)10-13-5-2-1-3-6-13/h1-3,5-6,14,17H,4,7-12H2,(H,19,20). The van der Waals surface area contributed by atoms with Gasteiger partial charge in [0.25, 0.3) is 0 Å². The number of benzene rings is 1. The first kappa shape index (κ1) is 13.4. The number of carbonyl (C=O) groups is 1. The van der Waals surface area contributed by atoms with Crippen LogP contribution < -0.4 is 5.32 Å². The first-order valence-electron chi connectivity index (χ1n) is 7.41. The Morgan fingerprint density at radius 1 is 1.35 bits per heavy atom. The molecule has 1 aliphatic heterocycles. The molecule has 2 N–H and O–H groups in total. The number of likely N-dealkylation sites (tertiary alicyclic amines) is 1. The summed E-state index contributed by atoms with van der Waals surface area (Å²) >= 11 is 0. The van der Waals surface area contributed by atoms with Crippen molar-refractivity contribution in [2.75, 3.05) is 13.1 Å². The molecular formula is C16H22N2O2. The Hall–Kier alpha value is -1.55. The minimum atomic E-state index is -0.897. The summed E-state index contributed by atoms with van der Waals surface area (Å²) in [6.07, 6.45) is 3.89. The van der Waals surface area contributed by atoms with Crippen LogP contribution in [0.2, 0.25) is 0 Å². The van der Waals surface area contributed by atoms with Gasteiger partial charge in [-0.15, -0.1) is 0 Å². The van der Waals surface area contributed by atoms with Crippen LogP contribution in [0.15, 0.2) is 30.3 Å². The number of hydrogen-bond donors (Lipinski definition) is 2. The molecule has 1 aromatic carbocycles. The molecule has 2 fully saturated rings. The van der Waals surface area contributed by atoms with Crippen LogP contribution in [0.1, 0.15) is 31.2 Å². The lowest BCUT2D eigenvalue weighted by molar-refractivity contribution is -0.000367. The second kappa shape index (κ2) is 5.44. The summed E-state index contributed by atoms with van der Waals surface area (Å²) in [5.41, 5.74) is 1.66. The van der Waals surface area contributed by atoms with Crippen LogP contribution in [-0.4, -0.2) is 35.2 Å². The molecule has 1 atom stereocenters. The van der Waals surface area contributed by atoms with Crippen LogP contribution in [0.5, 0.6) is 0 Å². The molecule has 2 aliphatic rings. The van der Waals surface area contributed by atoms with Crippen LogP contribution in [0.4, 0.5) is 4.79 Å². The molecule has 4 heteroatoms. The Bertz CT molecular complexity index is 471. The van der Waals surface area contributed by atoms with Crippen LogP contribution in [0.3, 0.4) is 0 Å². The van der Waals surface area contributed by atoms with Gasteiger partial charge in [-0.3, -0.25) is 4.90 Å². The number of rotatable bonds is 3. The van der Waals surface area contributed by atoms with Gasteiger partial charge in [-0.1, -0.05) is 36.8 Å². The second-order valence-corrected chi connectivity index (χ2v) is 6.36. The van der Waals surface area contributed by atoms with E-state index in [1.165, 1.54) is 24.8 Å². The van der Waals surface area contributed by atoms with Crippen molar-refractivity contribution >= 4 is 6.09 Å². The largest absolute Gasteiger partial charge is 0.465 e. The maximum absolute atomic E-state index is 10.9. The van der Waals surface area contributed by atoms with Crippen molar-refractivity contribution in [3.05, 3.63) is 35.9 Å². The van der Waals surface area contributed by atoms with E-state index in [0.29, 0.717) is 5.41 Å². The molecule has 1 amide bonds. The number of amides is 1. The van der Waals surface area contributed by atoms with Crippen molar-refractivity contribution in [1.29, 1.82) is 0 Å². The molecule has 1 aliphatic carbocycles. The predicted molar refractivity (Wildman–Crippen MR) is 77.6 cm³/mol. The van der Waals surface area contributed by atoms with Gasteiger partial charge in [0, 0.05) is 25.7 Å². The maximum Gasteiger partial charge on any atom is 0.404 e. The van der Waals surface area contributed by atoms with Gasteiger partial charge < -0.3 is 10.4 Å². The lowest BCUT2D eigenvalue weighted by atomic mass is 9.63. The topological polar surface area (TPSA) is 52.6 Å². The zero-order valence-electron chi connectivity index (χ0n) is 11.7. The Morgan fingerprint density at radius 2 is 2.10 bits per heavy atom. The smallest absolute Gasteiger partial charge is 0.404 e. The van der Waals surface area contributed by atoms with E-state index in [-0.39, 0.29) is 6.04 Å². The van der Waals surface area contributed by atoms with Crippen molar-refractivity contribution in [3.8, 4) is 0 Å². The lowest BCUT2D eigenvalue weighted by Crippen LogP contribution is -2.56. The van der Waals surface area contributed by atoms with Gasteiger partial charge in [0.05, 0.1) is 0 Å². The Morgan fingerprint density at radius 3 is 2.70 bits per heavy atom. The minimum Gasteiger partial charge on any atom is -0.465 e. The zero-order valence-corrected chi connectivity index (χ0v) is 11.7. The third-order valence-electron chi connectivity index (χ3n) is 4.71. The van der Waals surface area contributed by atoms with Crippen LogP contribution in [0.25, 0.3) is 0 Å². The number of nitrogens with zero attached hydrogens (tertiary/aromatic N) is 1. The number of hydrogen-bond acceptors (Lipinski definition) is 2. The summed E-state index contributed by atoms with van der Waals surface area (Å²) in [5, 5.41) is 11.7. The van der Waals surface area contributed by atoms with Gasteiger partial charge >= 0.3 is 6.09 Å². The molecule has 1 saturated carbocycles. The Kier molecular flexibility index (Phi) is 3.66. The Balaban J connectivity index is 1.68. The lowest BCUT2D eigenvalue weighted by Gasteiger charge is -2.51. The van der Waals surface area contributed by atoms with Crippen LogP contribution in [-0.2, 0) is 6.54 Å². The number of nitrogens with one attached hydrogen (secondary N) is 1. The fraction of sp³-hybridized carbons (Fsp3) is 0.562. The number of carboxylic acid groups (broad SMARTS) is 1. The van der Waals surface area contributed by atoms with E-state index >= 15 is 0 Å². The van der Waals surface area contributed by atoms with Crippen LogP contribution >= 0.6 is 0 Å². The normalized spacial score (nSPS) is 25.1. The van der Waals surface area contributed by atoms with Crippen molar-refractivity contribution in [1.82, 2.24) is 10.2 Å². The summed E-state index contributed by atoms with van der Waals surface area (Å²) in [6, 6.07) is 10.5. The molecule has 0 bridgehead atoms. The highest BCUT2D eigenvalue weighted by Crippen LogP contribution is 2.47. The van der Waals surface area contributed by atoms with Gasteiger partial charge in [-0.05, 0) is 30.2 Å². The van der Waals surface area contributed by atoms with Crippen molar-refractivity contribution in [3.63, 3.8) is 0 Å². The van der Waals surface area contributed by atoms with Gasteiger partial charge in [-0.2, -0.15) is 0 Å². The van der Waals surface area contributed by atoms with E-state index in [0.717, 1.165) is 26.1 Å². The molecule has 1 spiro atoms. The van der Waals surface area contributed by atoms with E-state index in [9.17, 15) is 4.79 Å². The third-order valence-corrected chi connectivity index (χ3v) is 4.71. The highest BCUT2D eigenvalue weighted by atomic mass is 16.4. The predicted octanol–water partition coefficient (Wildman–Crippen LogP) is 2.70.